The van der Waals surface area contributed by atoms with Crippen LogP contribution in [0.5, 0.6) is 5.75 Å². The first-order valence-electron chi connectivity index (χ1n) is 6.07. The molecule has 0 saturated carbocycles. The van der Waals surface area contributed by atoms with Gasteiger partial charge in [0.25, 0.3) is 5.91 Å². The van der Waals surface area contributed by atoms with E-state index in [0.29, 0.717) is 17.1 Å². The maximum absolute atomic E-state index is 12.8. The van der Waals surface area contributed by atoms with E-state index < -0.39 is 0 Å². The van der Waals surface area contributed by atoms with Crippen molar-refractivity contribution in [3.63, 3.8) is 0 Å². The van der Waals surface area contributed by atoms with Crippen molar-refractivity contribution < 1.29 is 13.9 Å². The van der Waals surface area contributed by atoms with Crippen molar-refractivity contribution in [1.29, 1.82) is 0 Å². The molecule has 0 aliphatic heterocycles. The quantitative estimate of drug-likeness (QED) is 0.871. The zero-order chi connectivity index (χ0) is 14.5. The largest absolute Gasteiger partial charge is 0.484 e. The van der Waals surface area contributed by atoms with Crippen molar-refractivity contribution in [3.05, 3.63) is 54.3 Å². The van der Waals surface area contributed by atoms with E-state index >= 15 is 0 Å². The molecule has 0 heterocycles. The standard InChI is InChI=1S/C15H15FN2O2/c1-18(13-6-2-11(16)3-7-13)15(19)10-20-14-8-4-12(17)5-9-14/h2-9H,10,17H2,1H3. The van der Waals surface area contributed by atoms with E-state index in [9.17, 15) is 9.18 Å². The third-order valence-electron chi connectivity index (χ3n) is 2.83. The van der Waals surface area contributed by atoms with Gasteiger partial charge in [-0.2, -0.15) is 0 Å². The number of anilines is 2. The molecule has 0 aliphatic carbocycles. The lowest BCUT2D eigenvalue weighted by molar-refractivity contribution is -0.120. The van der Waals surface area contributed by atoms with Crippen molar-refractivity contribution in [3.8, 4) is 5.75 Å². The van der Waals surface area contributed by atoms with Crippen molar-refractivity contribution in [2.24, 2.45) is 0 Å². The molecule has 0 fully saturated rings. The van der Waals surface area contributed by atoms with E-state index in [2.05, 4.69) is 0 Å². The van der Waals surface area contributed by atoms with Gasteiger partial charge in [-0.3, -0.25) is 4.79 Å². The van der Waals surface area contributed by atoms with Crippen LogP contribution in [-0.4, -0.2) is 19.6 Å². The summed E-state index contributed by atoms with van der Waals surface area (Å²) in [6.07, 6.45) is 0. The Balaban J connectivity index is 1.94. The predicted octanol–water partition coefficient (Wildman–Crippen LogP) is 2.45. The van der Waals surface area contributed by atoms with Gasteiger partial charge < -0.3 is 15.4 Å². The highest BCUT2D eigenvalue weighted by atomic mass is 19.1. The first-order valence-corrected chi connectivity index (χ1v) is 6.07. The number of carbonyl (C=O) groups is 1. The lowest BCUT2D eigenvalue weighted by Gasteiger charge is -2.17. The van der Waals surface area contributed by atoms with Gasteiger partial charge in [-0.15, -0.1) is 0 Å². The van der Waals surface area contributed by atoms with Crippen LogP contribution in [0.3, 0.4) is 0 Å². The molecule has 5 heteroatoms. The second-order valence-electron chi connectivity index (χ2n) is 4.29. The maximum atomic E-state index is 12.8. The van der Waals surface area contributed by atoms with Crippen molar-refractivity contribution >= 4 is 17.3 Å². The fraction of sp³-hybridized carbons (Fsp3) is 0.133. The number of hydrogen-bond donors (Lipinski definition) is 1. The molecule has 1 amide bonds. The van der Waals surface area contributed by atoms with Gasteiger partial charge in [0.15, 0.2) is 6.61 Å². The molecule has 4 nitrogen and oxygen atoms in total. The SMILES string of the molecule is CN(C(=O)COc1ccc(N)cc1)c1ccc(F)cc1. The Morgan fingerprint density at radius 2 is 1.75 bits per heavy atom. The average Bonchev–Trinajstić information content (AvgIpc) is 2.46. The molecule has 0 spiro atoms. The monoisotopic (exact) mass is 274 g/mol. The summed E-state index contributed by atoms with van der Waals surface area (Å²) in [4.78, 5) is 13.4. The molecule has 2 aromatic carbocycles. The van der Waals surface area contributed by atoms with Gasteiger partial charge in [-0.1, -0.05) is 0 Å². The highest BCUT2D eigenvalue weighted by molar-refractivity contribution is 5.93. The molecular formula is C15H15FN2O2. The zero-order valence-electron chi connectivity index (χ0n) is 11.0. The minimum Gasteiger partial charge on any atom is -0.484 e. The van der Waals surface area contributed by atoms with E-state index in [1.807, 2.05) is 0 Å². The number of likely N-dealkylation sites (N-methyl/N-ethyl adjacent to an activating group) is 1. The number of hydrogen-bond acceptors (Lipinski definition) is 3. The number of ether oxygens (including phenoxy) is 1. The van der Waals surface area contributed by atoms with E-state index in [1.54, 1.807) is 31.3 Å². The summed E-state index contributed by atoms with van der Waals surface area (Å²) >= 11 is 0. The first kappa shape index (κ1) is 13.9. The summed E-state index contributed by atoms with van der Waals surface area (Å²) in [5.74, 6) is 0.00112. The molecule has 0 radical (unpaired) electrons. The second-order valence-corrected chi connectivity index (χ2v) is 4.29. The fourth-order valence-corrected chi connectivity index (χ4v) is 1.61. The topological polar surface area (TPSA) is 55.6 Å². The van der Waals surface area contributed by atoms with Crippen LogP contribution in [0.2, 0.25) is 0 Å². The molecule has 0 unspecified atom stereocenters. The van der Waals surface area contributed by atoms with Gasteiger partial charge in [0, 0.05) is 18.4 Å². The molecule has 0 saturated heterocycles. The highest BCUT2D eigenvalue weighted by Crippen LogP contribution is 2.15. The number of carbonyl (C=O) groups excluding carboxylic acids is 1. The minimum absolute atomic E-state index is 0.0994. The van der Waals surface area contributed by atoms with Crippen LogP contribution < -0.4 is 15.4 Å². The summed E-state index contributed by atoms with van der Waals surface area (Å²) in [5, 5.41) is 0. The molecule has 2 rings (SSSR count). The second kappa shape index (κ2) is 6.06. The minimum atomic E-state index is -0.340. The number of benzene rings is 2. The summed E-state index contributed by atoms with van der Waals surface area (Å²) in [5.41, 5.74) is 6.80. The normalized spacial score (nSPS) is 10.1. The Morgan fingerprint density at radius 3 is 2.35 bits per heavy atom. The third-order valence-corrected chi connectivity index (χ3v) is 2.83. The zero-order valence-corrected chi connectivity index (χ0v) is 11.0. The Kier molecular flexibility index (Phi) is 4.20. The number of nitrogens with two attached hydrogens (primary N) is 1. The molecule has 0 aliphatic rings. The molecule has 20 heavy (non-hydrogen) atoms. The van der Waals surface area contributed by atoms with Crippen LogP contribution in [0, 0.1) is 5.82 Å². The van der Waals surface area contributed by atoms with E-state index in [-0.39, 0.29) is 18.3 Å². The number of rotatable bonds is 4. The summed E-state index contributed by atoms with van der Waals surface area (Å²) in [6, 6.07) is 12.5. The van der Waals surface area contributed by atoms with Gasteiger partial charge >= 0.3 is 0 Å². The van der Waals surface area contributed by atoms with Gasteiger partial charge in [0.1, 0.15) is 11.6 Å². The number of amides is 1. The Morgan fingerprint density at radius 1 is 1.15 bits per heavy atom. The van der Waals surface area contributed by atoms with Crippen LogP contribution in [0.4, 0.5) is 15.8 Å². The molecule has 0 atom stereocenters. The molecule has 0 bridgehead atoms. The van der Waals surface area contributed by atoms with Crippen molar-refractivity contribution in [2.45, 2.75) is 0 Å². The average molecular weight is 274 g/mol. The Bertz CT molecular complexity index is 582. The molecule has 2 aromatic rings. The van der Waals surface area contributed by atoms with Crippen molar-refractivity contribution in [1.82, 2.24) is 0 Å². The van der Waals surface area contributed by atoms with Crippen molar-refractivity contribution in [2.75, 3.05) is 24.3 Å². The van der Waals surface area contributed by atoms with Crippen LogP contribution in [0.1, 0.15) is 0 Å². The first-order chi connectivity index (χ1) is 9.56. The van der Waals surface area contributed by atoms with Gasteiger partial charge in [0.2, 0.25) is 0 Å². The van der Waals surface area contributed by atoms with Crippen LogP contribution in [0.25, 0.3) is 0 Å². The van der Waals surface area contributed by atoms with Gasteiger partial charge in [0.05, 0.1) is 0 Å². The molecule has 104 valence electrons. The lowest BCUT2D eigenvalue weighted by Crippen LogP contribution is -2.31. The van der Waals surface area contributed by atoms with Gasteiger partial charge in [-0.25, -0.2) is 4.39 Å². The predicted molar refractivity (Wildman–Crippen MR) is 76.2 cm³/mol. The Labute approximate surface area is 116 Å². The fourth-order valence-electron chi connectivity index (χ4n) is 1.61. The summed E-state index contributed by atoms with van der Waals surface area (Å²) < 4.78 is 18.2. The molecule has 0 aromatic heterocycles. The molecule has 2 N–H and O–H groups in total. The van der Waals surface area contributed by atoms with E-state index in [1.165, 1.54) is 29.2 Å². The number of halogens is 1. The summed E-state index contributed by atoms with van der Waals surface area (Å²) in [7, 11) is 1.61. The number of nitrogens with zero attached hydrogens (tertiary/aromatic N) is 1. The summed E-state index contributed by atoms with van der Waals surface area (Å²) in [6.45, 7) is -0.0994. The maximum Gasteiger partial charge on any atom is 0.264 e. The highest BCUT2D eigenvalue weighted by Gasteiger charge is 2.11. The third kappa shape index (κ3) is 3.47. The molecular weight excluding hydrogens is 259 g/mol. The van der Waals surface area contributed by atoms with E-state index in [4.69, 9.17) is 10.5 Å². The van der Waals surface area contributed by atoms with Crippen LogP contribution in [0.15, 0.2) is 48.5 Å². The Hall–Kier alpha value is -2.56. The lowest BCUT2D eigenvalue weighted by atomic mass is 10.3. The smallest absolute Gasteiger partial charge is 0.264 e. The van der Waals surface area contributed by atoms with Crippen LogP contribution >= 0.6 is 0 Å². The van der Waals surface area contributed by atoms with Gasteiger partial charge in [-0.05, 0) is 48.5 Å². The van der Waals surface area contributed by atoms with E-state index in [0.717, 1.165) is 0 Å². The van der Waals surface area contributed by atoms with Crippen LogP contribution in [-0.2, 0) is 4.79 Å². The number of nitrogen functional groups attached to an aromatic ring is 1.